The molecule has 0 fully saturated rings. The van der Waals surface area contributed by atoms with E-state index >= 15 is 0 Å². The molecule has 0 unspecified atom stereocenters. The number of carbonyl (C=O) groups is 1. The summed E-state index contributed by atoms with van der Waals surface area (Å²) in [5.41, 5.74) is 7.31. The second-order valence-corrected chi connectivity index (χ2v) is 7.30. The summed E-state index contributed by atoms with van der Waals surface area (Å²) in [6, 6.07) is 15.6. The molecule has 0 aliphatic carbocycles. The van der Waals surface area contributed by atoms with Crippen LogP contribution in [-0.4, -0.2) is 31.1 Å². The molecular formula is C24H26N6O. The molecule has 0 saturated heterocycles. The van der Waals surface area contributed by atoms with E-state index in [0.29, 0.717) is 11.4 Å². The Morgan fingerprint density at radius 2 is 1.65 bits per heavy atom. The van der Waals surface area contributed by atoms with Crippen molar-refractivity contribution in [2.45, 2.75) is 28.2 Å². The van der Waals surface area contributed by atoms with Gasteiger partial charge in [-0.05, 0) is 72.5 Å². The average Bonchev–Trinajstić information content (AvgIpc) is 3.17. The smallest absolute Gasteiger partial charge is 0.255 e. The first-order chi connectivity index (χ1) is 14.4. The maximum absolute atomic E-state index is 12.6. The van der Waals surface area contributed by atoms with Crippen molar-refractivity contribution in [2.24, 2.45) is 7.05 Å². The summed E-state index contributed by atoms with van der Waals surface area (Å²) in [6.45, 7) is 5.93. The van der Waals surface area contributed by atoms with Crippen LogP contribution in [0, 0.1) is 20.8 Å². The Bertz CT molecular complexity index is 1230. The van der Waals surface area contributed by atoms with E-state index in [4.69, 9.17) is 0 Å². The SMILES string of the molecule is C.Cc1cc(C)c(NC(=O)c2ccc(-c3cc(-c4nnn(C)n4)ccc3C)cc2)cn1. The maximum atomic E-state index is 12.6. The van der Waals surface area contributed by atoms with E-state index in [9.17, 15) is 4.79 Å². The fourth-order valence-electron chi connectivity index (χ4n) is 3.29. The van der Waals surface area contributed by atoms with Crippen LogP contribution in [0.3, 0.4) is 0 Å². The molecule has 7 heteroatoms. The van der Waals surface area contributed by atoms with Crippen LogP contribution in [0.2, 0.25) is 0 Å². The van der Waals surface area contributed by atoms with Crippen LogP contribution in [-0.2, 0) is 7.05 Å². The molecule has 1 amide bonds. The highest BCUT2D eigenvalue weighted by molar-refractivity contribution is 6.04. The number of pyridine rings is 1. The average molecular weight is 415 g/mol. The van der Waals surface area contributed by atoms with Crippen molar-refractivity contribution in [3.05, 3.63) is 77.1 Å². The summed E-state index contributed by atoms with van der Waals surface area (Å²) in [6.07, 6.45) is 1.69. The van der Waals surface area contributed by atoms with Gasteiger partial charge in [-0.1, -0.05) is 31.7 Å². The van der Waals surface area contributed by atoms with Crippen LogP contribution in [0.15, 0.2) is 54.7 Å². The number of hydrogen-bond acceptors (Lipinski definition) is 5. The van der Waals surface area contributed by atoms with Crippen LogP contribution in [0.4, 0.5) is 5.69 Å². The van der Waals surface area contributed by atoms with E-state index in [1.807, 2.05) is 62.4 Å². The van der Waals surface area contributed by atoms with Gasteiger partial charge in [0.05, 0.1) is 18.9 Å². The van der Waals surface area contributed by atoms with Crippen LogP contribution >= 0.6 is 0 Å². The minimum Gasteiger partial charge on any atom is -0.320 e. The number of nitrogens with zero attached hydrogens (tertiary/aromatic N) is 5. The van der Waals surface area contributed by atoms with Crippen molar-refractivity contribution in [1.29, 1.82) is 0 Å². The molecule has 7 nitrogen and oxygen atoms in total. The van der Waals surface area contributed by atoms with Gasteiger partial charge in [0.25, 0.3) is 5.91 Å². The molecule has 0 spiro atoms. The van der Waals surface area contributed by atoms with Gasteiger partial charge >= 0.3 is 0 Å². The Morgan fingerprint density at radius 1 is 0.935 bits per heavy atom. The molecule has 0 aliphatic heterocycles. The predicted octanol–water partition coefficient (Wildman–Crippen LogP) is 4.75. The fourth-order valence-corrected chi connectivity index (χ4v) is 3.29. The number of aryl methyl sites for hydroxylation is 4. The molecule has 158 valence electrons. The summed E-state index contributed by atoms with van der Waals surface area (Å²) in [4.78, 5) is 18.3. The van der Waals surface area contributed by atoms with Crippen molar-refractivity contribution < 1.29 is 4.79 Å². The third-order valence-corrected chi connectivity index (χ3v) is 4.96. The molecular weight excluding hydrogens is 388 g/mol. The number of anilines is 1. The monoisotopic (exact) mass is 414 g/mol. The van der Waals surface area contributed by atoms with E-state index in [-0.39, 0.29) is 13.3 Å². The molecule has 2 aromatic carbocycles. The third-order valence-electron chi connectivity index (χ3n) is 4.96. The lowest BCUT2D eigenvalue weighted by Crippen LogP contribution is -2.13. The lowest BCUT2D eigenvalue weighted by Gasteiger charge is -2.10. The molecule has 0 aliphatic rings. The van der Waals surface area contributed by atoms with Gasteiger partial charge in [-0.2, -0.15) is 4.80 Å². The number of carbonyl (C=O) groups excluding carboxylic acids is 1. The zero-order chi connectivity index (χ0) is 21.3. The van der Waals surface area contributed by atoms with Gasteiger partial charge in [0.1, 0.15) is 0 Å². The Kier molecular flexibility index (Phi) is 6.25. The lowest BCUT2D eigenvalue weighted by atomic mass is 9.97. The van der Waals surface area contributed by atoms with Crippen molar-refractivity contribution in [1.82, 2.24) is 25.2 Å². The molecule has 31 heavy (non-hydrogen) atoms. The highest BCUT2D eigenvalue weighted by Crippen LogP contribution is 2.28. The Hall–Kier alpha value is -3.87. The highest BCUT2D eigenvalue weighted by Gasteiger charge is 2.11. The van der Waals surface area contributed by atoms with Gasteiger partial charge in [-0.25, -0.2) is 0 Å². The third kappa shape index (κ3) is 4.66. The summed E-state index contributed by atoms with van der Waals surface area (Å²) >= 11 is 0. The minimum atomic E-state index is -0.162. The van der Waals surface area contributed by atoms with E-state index in [1.165, 1.54) is 4.80 Å². The number of amides is 1. The summed E-state index contributed by atoms with van der Waals surface area (Å²) in [5.74, 6) is 0.418. The van der Waals surface area contributed by atoms with E-state index in [1.54, 1.807) is 13.2 Å². The largest absolute Gasteiger partial charge is 0.320 e. The Balaban J connectivity index is 0.00000272. The van der Waals surface area contributed by atoms with E-state index in [2.05, 4.69) is 32.6 Å². The molecule has 4 aromatic rings. The molecule has 0 radical (unpaired) electrons. The van der Waals surface area contributed by atoms with Crippen molar-refractivity contribution in [3.8, 4) is 22.5 Å². The summed E-state index contributed by atoms with van der Waals surface area (Å²) < 4.78 is 0. The van der Waals surface area contributed by atoms with Crippen LogP contribution in [0.25, 0.3) is 22.5 Å². The normalized spacial score (nSPS) is 10.5. The first kappa shape index (κ1) is 21.8. The second kappa shape index (κ2) is 8.87. The predicted molar refractivity (Wildman–Crippen MR) is 123 cm³/mol. The number of tetrazole rings is 1. The zero-order valence-electron chi connectivity index (χ0n) is 17.3. The standard InChI is InChI=1S/C23H22N6O.CH4/c1-14-5-6-19(22-26-28-29(4)27-22)12-20(14)17-7-9-18(10-8-17)23(30)25-21-13-24-16(3)11-15(21)2;/h5-13H,1-4H3,(H,25,30);1H4. The van der Waals surface area contributed by atoms with Gasteiger partial charge in [-0.15, -0.1) is 10.2 Å². The van der Waals surface area contributed by atoms with Gasteiger partial charge in [0.2, 0.25) is 5.82 Å². The second-order valence-electron chi connectivity index (χ2n) is 7.30. The zero-order valence-corrected chi connectivity index (χ0v) is 17.3. The lowest BCUT2D eigenvalue weighted by molar-refractivity contribution is 0.102. The van der Waals surface area contributed by atoms with Crippen LogP contribution in [0.1, 0.15) is 34.6 Å². The molecule has 0 atom stereocenters. The van der Waals surface area contributed by atoms with Crippen molar-refractivity contribution in [2.75, 3.05) is 5.32 Å². The van der Waals surface area contributed by atoms with E-state index in [0.717, 1.165) is 39.2 Å². The number of benzene rings is 2. The molecule has 0 bridgehead atoms. The first-order valence-corrected chi connectivity index (χ1v) is 9.61. The molecule has 1 N–H and O–H groups in total. The molecule has 0 saturated carbocycles. The topological polar surface area (TPSA) is 85.6 Å². The quantitative estimate of drug-likeness (QED) is 0.521. The fraction of sp³-hybridized carbons (Fsp3) is 0.208. The van der Waals surface area contributed by atoms with Gasteiger partial charge < -0.3 is 5.32 Å². The Labute approximate surface area is 182 Å². The molecule has 2 heterocycles. The first-order valence-electron chi connectivity index (χ1n) is 9.61. The number of hydrogen-bond donors (Lipinski definition) is 1. The highest BCUT2D eigenvalue weighted by atomic mass is 16.1. The van der Waals surface area contributed by atoms with Crippen LogP contribution < -0.4 is 5.32 Å². The van der Waals surface area contributed by atoms with Gasteiger partial charge in [0.15, 0.2) is 0 Å². The van der Waals surface area contributed by atoms with Crippen molar-refractivity contribution in [3.63, 3.8) is 0 Å². The summed E-state index contributed by atoms with van der Waals surface area (Å²) in [5, 5.41) is 15.2. The molecule has 4 rings (SSSR count). The number of rotatable bonds is 4. The van der Waals surface area contributed by atoms with Gasteiger partial charge in [0, 0.05) is 16.8 Å². The van der Waals surface area contributed by atoms with Crippen LogP contribution in [0.5, 0.6) is 0 Å². The van der Waals surface area contributed by atoms with E-state index < -0.39 is 0 Å². The number of nitrogens with one attached hydrogen (secondary N) is 1. The minimum absolute atomic E-state index is 0. The molecule has 2 aromatic heterocycles. The maximum Gasteiger partial charge on any atom is 0.255 e. The number of aromatic nitrogens is 5. The van der Waals surface area contributed by atoms with Gasteiger partial charge in [-0.3, -0.25) is 9.78 Å². The summed E-state index contributed by atoms with van der Waals surface area (Å²) in [7, 11) is 1.74. The Morgan fingerprint density at radius 3 is 2.29 bits per heavy atom. The van der Waals surface area contributed by atoms with Crippen molar-refractivity contribution >= 4 is 11.6 Å².